The number of aromatic hydroxyl groups is 1. The molecule has 2 aromatic carbocycles. The Bertz CT molecular complexity index is 886. The van der Waals surface area contributed by atoms with Crippen LogP contribution in [-0.2, 0) is 4.74 Å². The van der Waals surface area contributed by atoms with Crippen molar-refractivity contribution in [2.75, 3.05) is 32.8 Å². The van der Waals surface area contributed by atoms with E-state index in [0.717, 1.165) is 42.6 Å². The first-order valence-electron chi connectivity index (χ1n) is 8.99. The smallest absolute Gasteiger partial charge is 0.142 e. The Hall–Kier alpha value is -2.21. The molecule has 3 aromatic rings. The van der Waals surface area contributed by atoms with E-state index in [2.05, 4.69) is 23.6 Å². The SMILES string of the molecule is Oc1ccc2ccccc2c1C=NC[C@H](c1cccs1)[NH+]1CCOCC1. The van der Waals surface area contributed by atoms with Crippen LogP contribution in [0, 0.1) is 0 Å². The molecule has 1 aliphatic heterocycles. The molecule has 4 rings (SSSR count). The van der Waals surface area contributed by atoms with Gasteiger partial charge < -0.3 is 14.7 Å². The molecule has 0 bridgehead atoms. The Kier molecular flexibility index (Phi) is 5.29. The maximum atomic E-state index is 10.3. The number of thiophene rings is 1. The van der Waals surface area contributed by atoms with E-state index in [0.29, 0.717) is 12.6 Å². The zero-order valence-corrected chi connectivity index (χ0v) is 15.4. The number of phenols is 1. The van der Waals surface area contributed by atoms with Gasteiger partial charge in [-0.05, 0) is 28.3 Å². The van der Waals surface area contributed by atoms with Crippen molar-refractivity contribution in [3.63, 3.8) is 0 Å². The first-order valence-corrected chi connectivity index (χ1v) is 9.87. The summed E-state index contributed by atoms with van der Waals surface area (Å²) in [4.78, 5) is 7.63. The third-order valence-corrected chi connectivity index (χ3v) is 5.96. The number of rotatable bonds is 5. The summed E-state index contributed by atoms with van der Waals surface area (Å²) in [6.07, 6.45) is 1.83. The number of hydrogen-bond acceptors (Lipinski definition) is 4. The predicted octanol–water partition coefficient (Wildman–Crippen LogP) is 2.68. The lowest BCUT2D eigenvalue weighted by Gasteiger charge is -2.30. The summed E-state index contributed by atoms with van der Waals surface area (Å²) in [6, 6.07) is 16.4. The largest absolute Gasteiger partial charge is 0.507 e. The zero-order chi connectivity index (χ0) is 17.8. The molecule has 0 spiro atoms. The van der Waals surface area contributed by atoms with Crippen LogP contribution in [0.25, 0.3) is 10.8 Å². The van der Waals surface area contributed by atoms with Gasteiger partial charge in [0.1, 0.15) is 24.9 Å². The Morgan fingerprint density at radius 1 is 1.12 bits per heavy atom. The molecule has 4 nitrogen and oxygen atoms in total. The molecule has 1 aromatic heterocycles. The molecule has 0 amide bonds. The molecule has 0 unspecified atom stereocenters. The van der Waals surface area contributed by atoms with Crippen molar-refractivity contribution in [1.82, 2.24) is 0 Å². The first kappa shape index (κ1) is 17.2. The average Bonchev–Trinajstić information content (AvgIpc) is 3.22. The van der Waals surface area contributed by atoms with E-state index < -0.39 is 0 Å². The highest BCUT2D eigenvalue weighted by Crippen LogP contribution is 2.25. The van der Waals surface area contributed by atoms with Gasteiger partial charge in [0.05, 0.1) is 24.6 Å². The third-order valence-electron chi connectivity index (χ3n) is 4.97. The van der Waals surface area contributed by atoms with E-state index >= 15 is 0 Å². The number of fused-ring (bicyclic) bond motifs is 1. The van der Waals surface area contributed by atoms with Gasteiger partial charge in [0, 0.05) is 11.8 Å². The molecule has 134 valence electrons. The lowest BCUT2D eigenvalue weighted by Crippen LogP contribution is -3.14. The van der Waals surface area contributed by atoms with Crippen molar-refractivity contribution >= 4 is 28.3 Å². The van der Waals surface area contributed by atoms with E-state index in [1.165, 1.54) is 9.78 Å². The minimum absolute atomic E-state index is 0.277. The molecule has 1 aliphatic rings. The van der Waals surface area contributed by atoms with Gasteiger partial charge >= 0.3 is 0 Å². The summed E-state index contributed by atoms with van der Waals surface area (Å²) in [5, 5.41) is 14.6. The molecule has 5 heteroatoms. The second kappa shape index (κ2) is 7.99. The Balaban J connectivity index is 1.59. The predicted molar refractivity (Wildman–Crippen MR) is 107 cm³/mol. The summed E-state index contributed by atoms with van der Waals surface area (Å²) in [5.41, 5.74) is 0.796. The minimum atomic E-state index is 0.277. The summed E-state index contributed by atoms with van der Waals surface area (Å²) in [6.45, 7) is 4.35. The molecule has 1 saturated heterocycles. The van der Waals surface area contributed by atoms with E-state index in [1.54, 1.807) is 17.4 Å². The fourth-order valence-electron chi connectivity index (χ4n) is 3.56. The number of ether oxygens (including phenoxy) is 1. The summed E-state index contributed by atoms with van der Waals surface area (Å²) < 4.78 is 5.52. The summed E-state index contributed by atoms with van der Waals surface area (Å²) >= 11 is 1.79. The van der Waals surface area contributed by atoms with Crippen molar-refractivity contribution < 1.29 is 14.7 Å². The normalized spacial score (nSPS) is 17.1. The molecular weight excluding hydrogens is 344 g/mol. The minimum Gasteiger partial charge on any atom is -0.507 e. The molecular formula is C21H23N2O2S+. The van der Waals surface area contributed by atoms with E-state index in [9.17, 15) is 5.11 Å². The standard InChI is InChI=1S/C21H22N2O2S/c24-20-8-7-16-4-1-2-5-17(16)18(20)14-22-15-19(21-6-3-13-26-21)23-9-11-25-12-10-23/h1-8,13-14,19,24H,9-12,15H2/p+1/t19-/m1/s1. The van der Waals surface area contributed by atoms with Gasteiger partial charge in [-0.1, -0.05) is 36.4 Å². The first-order chi connectivity index (χ1) is 12.8. The van der Waals surface area contributed by atoms with Crippen LogP contribution < -0.4 is 4.90 Å². The van der Waals surface area contributed by atoms with Crippen LogP contribution in [0.1, 0.15) is 16.5 Å². The molecule has 0 aliphatic carbocycles. The van der Waals surface area contributed by atoms with Gasteiger partial charge in [-0.3, -0.25) is 4.99 Å². The van der Waals surface area contributed by atoms with Crippen molar-refractivity contribution in [2.24, 2.45) is 4.99 Å². The number of nitrogens with one attached hydrogen (secondary N) is 1. The van der Waals surface area contributed by atoms with Gasteiger partial charge in [-0.2, -0.15) is 0 Å². The average molecular weight is 367 g/mol. The van der Waals surface area contributed by atoms with Crippen LogP contribution in [0.2, 0.25) is 0 Å². The Labute approximate surface area is 157 Å². The Morgan fingerprint density at radius 3 is 2.77 bits per heavy atom. The number of hydrogen-bond donors (Lipinski definition) is 2. The highest BCUT2D eigenvalue weighted by Gasteiger charge is 2.26. The third kappa shape index (κ3) is 3.65. The maximum absolute atomic E-state index is 10.3. The van der Waals surface area contributed by atoms with Crippen LogP contribution in [0.4, 0.5) is 0 Å². The summed E-state index contributed by atoms with van der Waals surface area (Å²) in [5.74, 6) is 0.277. The Morgan fingerprint density at radius 2 is 1.96 bits per heavy atom. The van der Waals surface area contributed by atoms with Crippen LogP contribution in [0.3, 0.4) is 0 Å². The molecule has 26 heavy (non-hydrogen) atoms. The van der Waals surface area contributed by atoms with Crippen LogP contribution >= 0.6 is 11.3 Å². The molecule has 0 saturated carbocycles. The van der Waals surface area contributed by atoms with Crippen molar-refractivity contribution in [3.05, 3.63) is 64.4 Å². The monoisotopic (exact) mass is 367 g/mol. The van der Waals surface area contributed by atoms with E-state index in [4.69, 9.17) is 9.73 Å². The van der Waals surface area contributed by atoms with Gasteiger partial charge in [0.25, 0.3) is 0 Å². The molecule has 1 atom stereocenters. The number of morpholine rings is 1. The van der Waals surface area contributed by atoms with E-state index in [1.807, 2.05) is 30.5 Å². The lowest BCUT2D eigenvalue weighted by molar-refractivity contribution is -0.937. The quantitative estimate of drug-likeness (QED) is 0.681. The summed E-state index contributed by atoms with van der Waals surface area (Å²) in [7, 11) is 0. The van der Waals surface area contributed by atoms with Crippen molar-refractivity contribution in [3.8, 4) is 5.75 Å². The number of aliphatic imine (C=N–C) groups is 1. The second-order valence-electron chi connectivity index (χ2n) is 6.55. The van der Waals surface area contributed by atoms with E-state index in [-0.39, 0.29) is 5.75 Å². The van der Waals surface area contributed by atoms with Crippen LogP contribution in [-0.4, -0.2) is 44.2 Å². The van der Waals surface area contributed by atoms with Gasteiger partial charge in [0.2, 0.25) is 0 Å². The maximum Gasteiger partial charge on any atom is 0.142 e. The highest BCUT2D eigenvalue weighted by atomic mass is 32.1. The fourth-order valence-corrected chi connectivity index (χ4v) is 4.44. The van der Waals surface area contributed by atoms with Gasteiger partial charge in [0.15, 0.2) is 0 Å². The van der Waals surface area contributed by atoms with Crippen LogP contribution in [0.15, 0.2) is 58.9 Å². The highest BCUT2D eigenvalue weighted by molar-refractivity contribution is 7.10. The fraction of sp³-hybridized carbons (Fsp3) is 0.286. The number of quaternary nitrogens is 1. The van der Waals surface area contributed by atoms with Crippen LogP contribution in [0.5, 0.6) is 5.75 Å². The lowest BCUT2D eigenvalue weighted by atomic mass is 10.0. The zero-order valence-electron chi connectivity index (χ0n) is 14.6. The topological polar surface area (TPSA) is 46.3 Å². The molecule has 2 heterocycles. The van der Waals surface area contributed by atoms with Crippen molar-refractivity contribution in [2.45, 2.75) is 6.04 Å². The molecule has 1 fully saturated rings. The molecule has 0 radical (unpaired) electrons. The number of phenolic OH excluding ortho intramolecular Hbond substituents is 1. The van der Waals surface area contributed by atoms with Gasteiger partial charge in [-0.25, -0.2) is 0 Å². The molecule has 2 N–H and O–H groups in total. The van der Waals surface area contributed by atoms with Crippen molar-refractivity contribution in [1.29, 1.82) is 0 Å². The van der Waals surface area contributed by atoms with Gasteiger partial charge in [-0.15, -0.1) is 11.3 Å². The second-order valence-corrected chi connectivity index (χ2v) is 7.53. The number of nitrogens with zero attached hydrogens (tertiary/aromatic N) is 1. The number of benzene rings is 2.